The van der Waals surface area contributed by atoms with Crippen LogP contribution in [0.3, 0.4) is 0 Å². The van der Waals surface area contributed by atoms with E-state index in [4.69, 9.17) is 28.0 Å². The van der Waals surface area contributed by atoms with Crippen LogP contribution in [0.4, 0.5) is 0 Å². The Morgan fingerprint density at radius 1 is 1.00 bits per heavy atom. The van der Waals surface area contributed by atoms with Gasteiger partial charge in [0.2, 0.25) is 11.8 Å². The lowest BCUT2D eigenvalue weighted by molar-refractivity contribution is -0.145. The molecule has 9 heteroatoms. The molecule has 0 aliphatic carbocycles. The Morgan fingerprint density at radius 2 is 1.62 bits per heavy atom. The van der Waals surface area contributed by atoms with Crippen LogP contribution in [0, 0.1) is 0 Å². The van der Waals surface area contributed by atoms with Crippen molar-refractivity contribution in [3.8, 4) is 11.8 Å². The number of benzene rings is 1. The number of aromatic hydroxyl groups is 2. The third kappa shape index (κ3) is 5.31. The molecule has 0 aliphatic heterocycles. The summed E-state index contributed by atoms with van der Waals surface area (Å²) in [5.41, 5.74) is 0.241. The van der Waals surface area contributed by atoms with Crippen LogP contribution in [0.25, 0.3) is 0 Å². The number of aromatic nitrogens is 1. The second kappa shape index (κ2) is 9.35. The molecule has 140 valence electrons. The molecule has 0 aliphatic rings. The maximum absolute atomic E-state index is 12.1. The van der Waals surface area contributed by atoms with E-state index in [1.54, 1.807) is 18.2 Å². The summed E-state index contributed by atoms with van der Waals surface area (Å²) in [7, 11) is 0. The number of hydrogen-bond donors (Lipinski definition) is 3. The van der Waals surface area contributed by atoms with Gasteiger partial charge in [-0.05, 0) is 25.0 Å². The molecule has 0 bridgehead atoms. The number of carbonyl (C=O) groups is 2. The SMILES string of the molecule is O=C(CCCCCNC(=O)c1c(Cl)cccc1Cl)On1c(O)ccc1O. The largest absolute Gasteiger partial charge is 0.492 e. The molecule has 3 N–H and O–H groups in total. The van der Waals surface area contributed by atoms with E-state index in [0.29, 0.717) is 30.5 Å². The first kappa shape index (κ1) is 19.9. The average molecular weight is 401 g/mol. The zero-order valence-electron chi connectivity index (χ0n) is 13.7. The molecule has 1 heterocycles. The summed E-state index contributed by atoms with van der Waals surface area (Å²) in [5.74, 6) is -1.66. The van der Waals surface area contributed by atoms with Crippen LogP contribution in [0.1, 0.15) is 36.0 Å². The topological polar surface area (TPSA) is 101 Å². The van der Waals surface area contributed by atoms with Crippen molar-refractivity contribution in [1.29, 1.82) is 0 Å². The fourth-order valence-corrected chi connectivity index (χ4v) is 2.79. The van der Waals surface area contributed by atoms with Crippen LogP contribution in [0.15, 0.2) is 30.3 Å². The summed E-state index contributed by atoms with van der Waals surface area (Å²) >= 11 is 11.9. The van der Waals surface area contributed by atoms with Crippen LogP contribution in [-0.2, 0) is 4.79 Å². The lowest BCUT2D eigenvalue weighted by Gasteiger charge is -2.08. The van der Waals surface area contributed by atoms with E-state index >= 15 is 0 Å². The van der Waals surface area contributed by atoms with Crippen molar-refractivity contribution in [3.63, 3.8) is 0 Å². The van der Waals surface area contributed by atoms with Crippen LogP contribution in [0.2, 0.25) is 10.0 Å². The second-order valence-electron chi connectivity index (χ2n) is 5.47. The number of nitrogens with zero attached hydrogens (tertiary/aromatic N) is 1. The fourth-order valence-electron chi connectivity index (χ4n) is 2.22. The summed E-state index contributed by atoms with van der Waals surface area (Å²) < 4.78 is 0.649. The number of amides is 1. The van der Waals surface area contributed by atoms with Crippen molar-refractivity contribution < 1.29 is 24.6 Å². The van der Waals surface area contributed by atoms with Crippen molar-refractivity contribution in [2.24, 2.45) is 0 Å². The summed E-state index contributed by atoms with van der Waals surface area (Å²) in [6.45, 7) is 0.411. The maximum atomic E-state index is 12.1. The summed E-state index contributed by atoms with van der Waals surface area (Å²) in [4.78, 5) is 28.5. The number of halogens is 2. The van der Waals surface area contributed by atoms with Gasteiger partial charge in [0.05, 0.1) is 15.6 Å². The molecule has 1 amide bonds. The lowest BCUT2D eigenvalue weighted by atomic mass is 10.2. The van der Waals surface area contributed by atoms with Crippen molar-refractivity contribution in [3.05, 3.63) is 45.9 Å². The first-order chi connectivity index (χ1) is 12.4. The predicted octanol–water partition coefficient (Wildman–Crippen LogP) is 3.15. The highest BCUT2D eigenvalue weighted by Gasteiger charge is 2.14. The van der Waals surface area contributed by atoms with Gasteiger partial charge in [-0.3, -0.25) is 4.79 Å². The van der Waals surface area contributed by atoms with Gasteiger partial charge in [0, 0.05) is 25.1 Å². The van der Waals surface area contributed by atoms with Gasteiger partial charge >= 0.3 is 5.97 Å². The Morgan fingerprint density at radius 3 is 2.23 bits per heavy atom. The van der Waals surface area contributed by atoms with Crippen LogP contribution in [0.5, 0.6) is 11.8 Å². The minimum atomic E-state index is -0.585. The monoisotopic (exact) mass is 400 g/mol. The Bertz CT molecular complexity index is 752. The van der Waals surface area contributed by atoms with Gasteiger partial charge in [-0.1, -0.05) is 35.7 Å². The molecule has 1 aromatic heterocycles. The third-order valence-electron chi connectivity index (χ3n) is 3.52. The van der Waals surface area contributed by atoms with E-state index in [0.717, 1.165) is 0 Å². The quantitative estimate of drug-likeness (QED) is 0.590. The molecule has 26 heavy (non-hydrogen) atoms. The molecule has 7 nitrogen and oxygen atoms in total. The zero-order chi connectivity index (χ0) is 19.1. The highest BCUT2D eigenvalue weighted by Crippen LogP contribution is 2.24. The van der Waals surface area contributed by atoms with Crippen molar-refractivity contribution in [2.45, 2.75) is 25.7 Å². The normalized spacial score (nSPS) is 10.5. The van der Waals surface area contributed by atoms with Crippen LogP contribution >= 0.6 is 23.2 Å². The molecule has 0 saturated heterocycles. The van der Waals surface area contributed by atoms with Crippen LogP contribution < -0.4 is 10.2 Å². The highest BCUT2D eigenvalue weighted by atomic mass is 35.5. The smallest absolute Gasteiger partial charge is 0.333 e. The molecule has 0 radical (unpaired) electrons. The number of unbranched alkanes of at least 4 members (excludes halogenated alkanes) is 2. The van der Waals surface area contributed by atoms with E-state index in [-0.39, 0.29) is 39.7 Å². The van der Waals surface area contributed by atoms with E-state index in [1.807, 2.05) is 0 Å². The van der Waals surface area contributed by atoms with E-state index in [1.165, 1.54) is 12.1 Å². The third-order valence-corrected chi connectivity index (χ3v) is 4.15. The molecule has 0 saturated carbocycles. The van der Waals surface area contributed by atoms with Gasteiger partial charge < -0.3 is 20.4 Å². The first-order valence-electron chi connectivity index (χ1n) is 7.93. The number of hydrogen-bond acceptors (Lipinski definition) is 5. The van der Waals surface area contributed by atoms with Gasteiger partial charge in [-0.15, -0.1) is 4.73 Å². The standard InChI is InChI=1S/C17H18Cl2N2O5/c18-11-5-4-6-12(19)16(11)17(25)20-10-3-1-2-7-15(24)26-21-13(22)8-9-14(21)23/h4-6,8-9,22-23H,1-3,7,10H2,(H,20,25). The van der Waals surface area contributed by atoms with Gasteiger partial charge in [-0.2, -0.15) is 0 Å². The summed E-state index contributed by atoms with van der Waals surface area (Å²) in [6.07, 6.45) is 1.97. The highest BCUT2D eigenvalue weighted by molar-refractivity contribution is 6.39. The molecule has 0 spiro atoms. The van der Waals surface area contributed by atoms with E-state index in [2.05, 4.69) is 5.32 Å². The number of nitrogens with one attached hydrogen (secondary N) is 1. The Labute approximate surface area is 160 Å². The summed E-state index contributed by atoms with van der Waals surface area (Å²) in [5, 5.41) is 22.0. The predicted molar refractivity (Wildman–Crippen MR) is 96.6 cm³/mol. The molecule has 0 fully saturated rings. The van der Waals surface area contributed by atoms with Crippen molar-refractivity contribution in [1.82, 2.24) is 10.0 Å². The molecule has 0 unspecified atom stereocenters. The number of carbonyl (C=O) groups excluding carboxylic acids is 2. The fraction of sp³-hybridized carbons (Fsp3) is 0.294. The number of rotatable bonds is 8. The maximum Gasteiger partial charge on any atom is 0.333 e. The lowest BCUT2D eigenvalue weighted by Crippen LogP contribution is -2.25. The van der Waals surface area contributed by atoms with Crippen molar-refractivity contribution >= 4 is 35.1 Å². The van der Waals surface area contributed by atoms with E-state index in [9.17, 15) is 19.8 Å². The minimum absolute atomic E-state index is 0.112. The van der Waals surface area contributed by atoms with Crippen LogP contribution in [-0.4, -0.2) is 33.4 Å². The molecule has 1 aromatic carbocycles. The Balaban J connectivity index is 1.65. The Hall–Kier alpha value is -2.38. The molecule has 2 rings (SSSR count). The van der Waals surface area contributed by atoms with Crippen molar-refractivity contribution in [2.75, 3.05) is 6.54 Å². The molecular formula is C17H18Cl2N2O5. The second-order valence-corrected chi connectivity index (χ2v) is 6.29. The average Bonchev–Trinajstić information content (AvgIpc) is 2.89. The molecule has 2 aromatic rings. The van der Waals surface area contributed by atoms with Gasteiger partial charge in [0.1, 0.15) is 0 Å². The van der Waals surface area contributed by atoms with E-state index < -0.39 is 5.97 Å². The summed E-state index contributed by atoms with van der Waals surface area (Å²) in [6, 6.07) is 7.25. The van der Waals surface area contributed by atoms with Gasteiger partial charge in [0.15, 0.2) is 0 Å². The Kier molecular flexibility index (Phi) is 7.17. The zero-order valence-corrected chi connectivity index (χ0v) is 15.3. The first-order valence-corrected chi connectivity index (χ1v) is 8.69. The van der Waals surface area contributed by atoms with Gasteiger partial charge in [0.25, 0.3) is 5.91 Å². The molecule has 0 atom stereocenters. The minimum Gasteiger partial charge on any atom is -0.492 e. The molecular weight excluding hydrogens is 383 g/mol. The van der Waals surface area contributed by atoms with Gasteiger partial charge in [-0.25, -0.2) is 4.79 Å².